The molecule has 0 fully saturated rings. The van der Waals surface area contributed by atoms with E-state index >= 15 is 0 Å². The first-order valence-corrected chi connectivity index (χ1v) is 7.90. The zero-order chi connectivity index (χ0) is 17.6. The molecule has 2 aromatic carbocycles. The van der Waals surface area contributed by atoms with E-state index in [1.807, 2.05) is 31.2 Å². The van der Waals surface area contributed by atoms with Gasteiger partial charge in [0.05, 0.1) is 12.3 Å². The van der Waals surface area contributed by atoms with Crippen molar-refractivity contribution in [1.82, 2.24) is 20.2 Å². The van der Waals surface area contributed by atoms with E-state index < -0.39 is 0 Å². The Labute approximate surface area is 145 Å². The summed E-state index contributed by atoms with van der Waals surface area (Å²) >= 11 is 0. The van der Waals surface area contributed by atoms with Gasteiger partial charge in [0, 0.05) is 17.2 Å². The largest absolute Gasteiger partial charge is 0.493 e. The highest BCUT2D eigenvalue weighted by molar-refractivity contribution is 5.94. The molecule has 0 aliphatic rings. The Bertz CT molecular complexity index is 863. The summed E-state index contributed by atoms with van der Waals surface area (Å²) in [6.07, 6.45) is 1.52. The van der Waals surface area contributed by atoms with Crippen molar-refractivity contribution in [3.63, 3.8) is 0 Å². The molecule has 0 radical (unpaired) electrons. The molecule has 0 unspecified atom stereocenters. The summed E-state index contributed by atoms with van der Waals surface area (Å²) in [5.74, 6) is 1.39. The van der Waals surface area contributed by atoms with E-state index in [0.29, 0.717) is 23.7 Å². The Morgan fingerprint density at radius 1 is 1.16 bits per heavy atom. The van der Waals surface area contributed by atoms with Crippen LogP contribution in [0.1, 0.15) is 29.8 Å². The van der Waals surface area contributed by atoms with Gasteiger partial charge in [0.1, 0.15) is 24.4 Å². The van der Waals surface area contributed by atoms with Crippen LogP contribution in [-0.4, -0.2) is 32.6 Å². The number of Topliss-reactive ketones (excluding diaryl/α,β-unsaturated/α-hetero) is 1. The van der Waals surface area contributed by atoms with Crippen molar-refractivity contribution in [3.8, 4) is 17.2 Å². The molecule has 0 N–H and O–H groups in total. The van der Waals surface area contributed by atoms with Gasteiger partial charge in [0.2, 0.25) is 0 Å². The Balaban J connectivity index is 1.80. The first-order chi connectivity index (χ1) is 12.2. The lowest BCUT2D eigenvalue weighted by atomic mass is 10.1. The van der Waals surface area contributed by atoms with Gasteiger partial charge < -0.3 is 9.47 Å². The number of ether oxygens (including phenoxy) is 2. The van der Waals surface area contributed by atoms with Gasteiger partial charge in [-0.1, -0.05) is 6.07 Å². The fourth-order valence-corrected chi connectivity index (χ4v) is 2.36. The van der Waals surface area contributed by atoms with E-state index in [9.17, 15) is 4.79 Å². The molecule has 7 heteroatoms. The third kappa shape index (κ3) is 4.00. The topological polar surface area (TPSA) is 79.1 Å². The van der Waals surface area contributed by atoms with Gasteiger partial charge in [-0.15, -0.1) is 5.10 Å². The lowest BCUT2D eigenvalue weighted by Crippen LogP contribution is -2.04. The van der Waals surface area contributed by atoms with Gasteiger partial charge in [0.25, 0.3) is 0 Å². The summed E-state index contributed by atoms with van der Waals surface area (Å²) in [5, 5.41) is 11.1. The number of carbonyl (C=O) groups excluding carboxylic acids is 1. The molecule has 7 nitrogen and oxygen atoms in total. The molecule has 3 rings (SSSR count). The molecule has 0 amide bonds. The van der Waals surface area contributed by atoms with Crippen LogP contribution < -0.4 is 9.47 Å². The monoisotopic (exact) mass is 338 g/mol. The summed E-state index contributed by atoms with van der Waals surface area (Å²) < 4.78 is 13.1. The number of hydrogen-bond donors (Lipinski definition) is 0. The number of tetrazole rings is 1. The molecule has 128 valence electrons. The number of hydrogen-bond acceptors (Lipinski definition) is 6. The summed E-state index contributed by atoms with van der Waals surface area (Å²) in [5.41, 5.74) is 2.25. The minimum atomic E-state index is 0.00461. The van der Waals surface area contributed by atoms with E-state index in [2.05, 4.69) is 15.5 Å². The van der Waals surface area contributed by atoms with Crippen LogP contribution in [0.25, 0.3) is 5.69 Å². The highest BCUT2D eigenvalue weighted by Crippen LogP contribution is 2.24. The summed E-state index contributed by atoms with van der Waals surface area (Å²) in [6, 6.07) is 12.8. The standard InChI is InChI=1S/C18H18N4O3/c1-3-24-18-8-7-14(13(2)23)9-15(18)11-25-17-6-4-5-16(10-17)22-12-19-20-21-22/h4-10,12H,3,11H2,1-2H3. The van der Waals surface area contributed by atoms with Crippen molar-refractivity contribution < 1.29 is 14.3 Å². The SMILES string of the molecule is CCOc1ccc(C(C)=O)cc1COc1cccc(-n2cnnn2)c1. The third-order valence-electron chi connectivity index (χ3n) is 3.59. The molecule has 0 aliphatic carbocycles. The van der Waals surface area contributed by atoms with E-state index in [1.165, 1.54) is 13.3 Å². The third-order valence-corrected chi connectivity index (χ3v) is 3.59. The van der Waals surface area contributed by atoms with Crippen LogP contribution in [0.2, 0.25) is 0 Å². The summed E-state index contributed by atoms with van der Waals surface area (Å²) in [4.78, 5) is 11.6. The van der Waals surface area contributed by atoms with E-state index in [-0.39, 0.29) is 12.4 Å². The first-order valence-electron chi connectivity index (χ1n) is 7.90. The Kier molecular flexibility index (Phi) is 5.03. The van der Waals surface area contributed by atoms with Crippen LogP contribution in [0.3, 0.4) is 0 Å². The molecule has 0 bridgehead atoms. The normalized spacial score (nSPS) is 10.5. The molecule has 0 atom stereocenters. The van der Waals surface area contributed by atoms with E-state index in [0.717, 1.165) is 11.3 Å². The minimum Gasteiger partial charge on any atom is -0.493 e. The highest BCUT2D eigenvalue weighted by atomic mass is 16.5. The molecular weight excluding hydrogens is 320 g/mol. The number of rotatable bonds is 7. The highest BCUT2D eigenvalue weighted by Gasteiger charge is 2.09. The molecule has 0 saturated heterocycles. The maximum atomic E-state index is 11.6. The number of benzene rings is 2. The summed E-state index contributed by atoms with van der Waals surface area (Å²) in [6.45, 7) is 4.28. The fraction of sp³-hybridized carbons (Fsp3) is 0.222. The van der Waals surface area contributed by atoms with Crippen molar-refractivity contribution >= 4 is 5.78 Å². The lowest BCUT2D eigenvalue weighted by molar-refractivity contribution is 0.101. The van der Waals surface area contributed by atoms with Gasteiger partial charge >= 0.3 is 0 Å². The second-order valence-corrected chi connectivity index (χ2v) is 5.35. The molecule has 1 heterocycles. The lowest BCUT2D eigenvalue weighted by Gasteiger charge is -2.13. The fourth-order valence-electron chi connectivity index (χ4n) is 2.36. The molecule has 3 aromatic rings. The van der Waals surface area contributed by atoms with Crippen molar-refractivity contribution in [2.45, 2.75) is 20.5 Å². The van der Waals surface area contributed by atoms with Crippen LogP contribution in [-0.2, 0) is 6.61 Å². The number of carbonyl (C=O) groups is 1. The van der Waals surface area contributed by atoms with E-state index in [1.54, 1.807) is 22.9 Å². The van der Waals surface area contributed by atoms with Gasteiger partial charge in [-0.25, -0.2) is 4.68 Å². The Hall–Kier alpha value is -3.22. The number of ketones is 1. The van der Waals surface area contributed by atoms with Crippen LogP contribution in [0.5, 0.6) is 11.5 Å². The molecule has 0 aliphatic heterocycles. The predicted octanol–water partition coefficient (Wildman–Crippen LogP) is 2.84. The molecular formula is C18H18N4O3. The van der Waals surface area contributed by atoms with Crippen LogP contribution in [0.4, 0.5) is 0 Å². The zero-order valence-electron chi connectivity index (χ0n) is 14.0. The van der Waals surface area contributed by atoms with Gasteiger partial charge in [-0.3, -0.25) is 4.79 Å². The average molecular weight is 338 g/mol. The van der Waals surface area contributed by atoms with Crippen LogP contribution in [0, 0.1) is 0 Å². The maximum Gasteiger partial charge on any atom is 0.159 e. The van der Waals surface area contributed by atoms with Crippen molar-refractivity contribution in [2.75, 3.05) is 6.61 Å². The molecule has 1 aromatic heterocycles. The quantitative estimate of drug-likeness (QED) is 0.616. The number of nitrogens with zero attached hydrogens (tertiary/aromatic N) is 4. The maximum absolute atomic E-state index is 11.6. The van der Waals surface area contributed by atoms with E-state index in [4.69, 9.17) is 9.47 Å². The van der Waals surface area contributed by atoms with Crippen LogP contribution >= 0.6 is 0 Å². The van der Waals surface area contributed by atoms with Gasteiger partial charge in [-0.2, -0.15) is 0 Å². The predicted molar refractivity (Wildman–Crippen MR) is 91.1 cm³/mol. The summed E-state index contributed by atoms with van der Waals surface area (Å²) in [7, 11) is 0. The van der Waals surface area contributed by atoms with Crippen molar-refractivity contribution in [2.24, 2.45) is 0 Å². The average Bonchev–Trinajstić information content (AvgIpc) is 3.16. The molecule has 0 saturated carbocycles. The van der Waals surface area contributed by atoms with Crippen LogP contribution in [0.15, 0.2) is 48.8 Å². The first kappa shape index (κ1) is 16.6. The van der Waals surface area contributed by atoms with Gasteiger partial charge in [-0.05, 0) is 54.6 Å². The van der Waals surface area contributed by atoms with Crippen molar-refractivity contribution in [1.29, 1.82) is 0 Å². The van der Waals surface area contributed by atoms with Crippen molar-refractivity contribution in [3.05, 3.63) is 59.9 Å². The smallest absolute Gasteiger partial charge is 0.159 e. The van der Waals surface area contributed by atoms with Gasteiger partial charge in [0.15, 0.2) is 5.78 Å². The minimum absolute atomic E-state index is 0.00461. The molecule has 25 heavy (non-hydrogen) atoms. The number of aromatic nitrogens is 4. The molecule has 0 spiro atoms. The Morgan fingerprint density at radius 3 is 2.76 bits per heavy atom. The zero-order valence-corrected chi connectivity index (χ0v) is 14.0. The second kappa shape index (κ2) is 7.57. The Morgan fingerprint density at radius 2 is 2.04 bits per heavy atom. The second-order valence-electron chi connectivity index (χ2n) is 5.35.